The lowest BCUT2D eigenvalue weighted by atomic mass is 10.1. The lowest BCUT2D eigenvalue weighted by Crippen LogP contribution is -2.42. The molecular weight excluding hydrogens is 662 g/mol. The molecule has 1 unspecified atom stereocenters. The minimum Gasteiger partial charge on any atom is -0.490 e. The van der Waals surface area contributed by atoms with Gasteiger partial charge in [-0.1, -0.05) is 0 Å². The van der Waals surface area contributed by atoms with Crippen LogP contribution < -0.4 is 21.0 Å². The van der Waals surface area contributed by atoms with Crippen LogP contribution in [-0.2, 0) is 37.3 Å². The van der Waals surface area contributed by atoms with Gasteiger partial charge in [-0.2, -0.15) is 0 Å². The first-order valence-corrected chi connectivity index (χ1v) is 16.8. The van der Waals surface area contributed by atoms with Crippen LogP contribution in [0.1, 0.15) is 83.1 Å². The molecule has 0 aliphatic carbocycles. The lowest BCUT2D eigenvalue weighted by Gasteiger charge is -2.24. The zero-order valence-electron chi connectivity index (χ0n) is 32.3. The average Bonchev–Trinajstić information content (AvgIpc) is 3.23. The highest BCUT2D eigenvalue weighted by Crippen LogP contribution is 2.22. The summed E-state index contributed by atoms with van der Waals surface area (Å²) >= 11 is 0. The van der Waals surface area contributed by atoms with Crippen molar-refractivity contribution in [2.45, 2.75) is 118 Å². The van der Waals surface area contributed by atoms with Crippen LogP contribution >= 0.6 is 0 Å². The minimum absolute atomic E-state index is 0.106. The molecule has 15 nitrogen and oxygen atoms in total. The Labute approximate surface area is 300 Å². The van der Waals surface area contributed by atoms with Crippen molar-refractivity contribution in [3.63, 3.8) is 0 Å². The fourth-order valence-electron chi connectivity index (χ4n) is 4.40. The van der Waals surface area contributed by atoms with Crippen molar-refractivity contribution in [1.29, 1.82) is 0 Å². The van der Waals surface area contributed by atoms with E-state index in [1.54, 1.807) is 130 Å². The number of benzene rings is 1. The Balaban J connectivity index is 2.45. The van der Waals surface area contributed by atoms with Crippen LogP contribution in [-0.4, -0.2) is 86.7 Å². The summed E-state index contributed by atoms with van der Waals surface area (Å²) in [6.45, 7) is 21.0. The van der Waals surface area contributed by atoms with Crippen molar-refractivity contribution in [3.05, 3.63) is 36.1 Å². The molecule has 51 heavy (non-hydrogen) atoms. The maximum absolute atomic E-state index is 12.9. The first kappa shape index (κ1) is 42.6. The Morgan fingerprint density at radius 3 is 1.67 bits per heavy atom. The maximum atomic E-state index is 12.9. The third-order valence-corrected chi connectivity index (χ3v) is 6.34. The predicted molar refractivity (Wildman–Crippen MR) is 190 cm³/mol. The highest BCUT2D eigenvalue weighted by molar-refractivity contribution is 5.75. The topological polar surface area (TPSA) is 181 Å². The van der Waals surface area contributed by atoms with Gasteiger partial charge in [-0.15, -0.1) is 4.99 Å². The molecule has 286 valence electrons. The molecule has 0 aliphatic rings. The summed E-state index contributed by atoms with van der Waals surface area (Å²) in [6.07, 6.45) is -1.72. The zero-order chi connectivity index (χ0) is 38.9. The number of nitrogens with zero attached hydrogens (tertiary/aromatic N) is 3. The van der Waals surface area contributed by atoms with E-state index in [2.05, 4.69) is 15.6 Å². The molecule has 2 aromatic rings. The Morgan fingerprint density at radius 1 is 0.745 bits per heavy atom. The summed E-state index contributed by atoms with van der Waals surface area (Å²) in [5.74, 6) is -0.789. The molecule has 1 aromatic carbocycles. The maximum Gasteiger partial charge on any atom is 0.437 e. The van der Waals surface area contributed by atoms with Crippen molar-refractivity contribution >= 4 is 24.2 Å². The smallest absolute Gasteiger partial charge is 0.437 e. The summed E-state index contributed by atoms with van der Waals surface area (Å²) in [4.78, 5) is 54.4. The molecule has 3 N–H and O–H groups in total. The van der Waals surface area contributed by atoms with Gasteiger partial charge < -0.3 is 48.6 Å². The SMILES string of the molecule is Cn1c(-c2ccc(OCC(O)C(=O)OC(C)(C)C)cc2)cn(CC(CNC(=O)OC(C)(C)C)CNC(=O)OC(C)(C)C)c1=NC(=O)OC(C)(C)C. The molecule has 2 rings (SSSR count). The van der Waals surface area contributed by atoms with Gasteiger partial charge in [0.05, 0.1) is 5.69 Å². The number of hydrogen-bond acceptors (Lipinski definition) is 10. The van der Waals surface area contributed by atoms with Gasteiger partial charge in [0.25, 0.3) is 0 Å². The number of hydrogen-bond donors (Lipinski definition) is 3. The van der Waals surface area contributed by atoms with E-state index < -0.39 is 58.7 Å². The molecule has 3 amide bonds. The van der Waals surface area contributed by atoms with E-state index >= 15 is 0 Å². The second-order valence-electron chi connectivity index (χ2n) is 16.1. The number of carbonyl (C=O) groups is 4. The Morgan fingerprint density at radius 2 is 1.22 bits per heavy atom. The molecule has 1 atom stereocenters. The number of esters is 1. The van der Waals surface area contributed by atoms with Crippen molar-refractivity contribution in [2.75, 3.05) is 19.7 Å². The van der Waals surface area contributed by atoms with E-state index in [1.165, 1.54) is 0 Å². The summed E-state index contributed by atoms with van der Waals surface area (Å²) in [5.41, 5.74) is -1.32. The zero-order valence-corrected chi connectivity index (χ0v) is 32.3. The van der Waals surface area contributed by atoms with Crippen LogP contribution in [0, 0.1) is 5.92 Å². The fraction of sp³-hybridized carbons (Fsp3) is 0.639. The molecule has 0 bridgehead atoms. The van der Waals surface area contributed by atoms with E-state index in [1.807, 2.05) is 0 Å². The van der Waals surface area contributed by atoms with E-state index in [4.69, 9.17) is 23.7 Å². The molecule has 1 heterocycles. The molecule has 0 spiro atoms. The minimum atomic E-state index is -1.46. The fourth-order valence-corrected chi connectivity index (χ4v) is 4.40. The van der Waals surface area contributed by atoms with Gasteiger partial charge in [0.1, 0.15) is 34.8 Å². The molecule has 1 aromatic heterocycles. The van der Waals surface area contributed by atoms with Crippen LogP contribution in [0.4, 0.5) is 14.4 Å². The Kier molecular flexibility index (Phi) is 14.3. The van der Waals surface area contributed by atoms with Crippen molar-refractivity contribution in [2.24, 2.45) is 18.0 Å². The highest BCUT2D eigenvalue weighted by Gasteiger charge is 2.25. The second kappa shape index (κ2) is 17.1. The summed E-state index contributed by atoms with van der Waals surface area (Å²) in [5, 5.41) is 15.7. The van der Waals surface area contributed by atoms with E-state index in [0.717, 1.165) is 5.56 Å². The average molecular weight is 720 g/mol. The van der Waals surface area contributed by atoms with Crippen LogP contribution in [0.3, 0.4) is 0 Å². The Hall–Kier alpha value is -4.53. The van der Waals surface area contributed by atoms with Crippen LogP contribution in [0.5, 0.6) is 5.75 Å². The standard InChI is InChI=1S/C36H57N5O10/c1-33(2,3)48-28(43)27(42)22-47-25-16-14-24(15-17-25)26-21-41(29(40(26)13)39-32(46)51-36(10,11)12)20-23(18-37-30(44)49-34(4,5)6)19-38-31(45)50-35(7,8)9/h14-17,21,23,27,42H,18-20,22H2,1-13H3,(H,37,44)(H,38,45). The number of carbonyl (C=O) groups excluding carboxylic acids is 4. The van der Waals surface area contributed by atoms with Gasteiger partial charge in [0, 0.05) is 38.8 Å². The predicted octanol–water partition coefficient (Wildman–Crippen LogP) is 5.08. The lowest BCUT2D eigenvalue weighted by molar-refractivity contribution is -0.166. The Bertz CT molecular complexity index is 1530. The summed E-state index contributed by atoms with van der Waals surface area (Å²) < 4.78 is 30.6. The van der Waals surface area contributed by atoms with E-state index in [-0.39, 0.29) is 31.9 Å². The van der Waals surface area contributed by atoms with Gasteiger partial charge in [-0.3, -0.25) is 0 Å². The second-order valence-corrected chi connectivity index (χ2v) is 16.1. The molecular formula is C36H57N5O10. The quantitative estimate of drug-likeness (QED) is 0.209. The van der Waals surface area contributed by atoms with Crippen molar-refractivity contribution in [3.8, 4) is 17.0 Å². The van der Waals surface area contributed by atoms with Crippen LogP contribution in [0.25, 0.3) is 11.3 Å². The number of aromatic nitrogens is 2. The number of rotatable bonds is 11. The number of amides is 3. The number of aliphatic hydroxyl groups excluding tert-OH is 1. The third-order valence-electron chi connectivity index (χ3n) is 6.34. The number of aliphatic hydroxyl groups is 1. The molecule has 0 saturated carbocycles. The molecule has 0 fully saturated rings. The van der Waals surface area contributed by atoms with E-state index in [0.29, 0.717) is 11.4 Å². The largest absolute Gasteiger partial charge is 0.490 e. The molecule has 15 heteroatoms. The molecule has 0 saturated heterocycles. The number of imidazole rings is 1. The third kappa shape index (κ3) is 16.4. The first-order valence-electron chi connectivity index (χ1n) is 16.8. The van der Waals surface area contributed by atoms with Gasteiger partial charge in [0.2, 0.25) is 5.62 Å². The van der Waals surface area contributed by atoms with Crippen LogP contribution in [0.2, 0.25) is 0 Å². The molecule has 0 radical (unpaired) electrons. The highest BCUT2D eigenvalue weighted by atomic mass is 16.6. The van der Waals surface area contributed by atoms with Gasteiger partial charge >= 0.3 is 24.2 Å². The van der Waals surface area contributed by atoms with E-state index in [9.17, 15) is 24.3 Å². The summed E-state index contributed by atoms with van der Waals surface area (Å²) in [7, 11) is 1.74. The molecule has 0 aliphatic heterocycles. The van der Waals surface area contributed by atoms with Gasteiger partial charge in [-0.25, -0.2) is 19.2 Å². The van der Waals surface area contributed by atoms with Crippen molar-refractivity contribution in [1.82, 2.24) is 19.8 Å². The van der Waals surface area contributed by atoms with Gasteiger partial charge in [0.15, 0.2) is 6.10 Å². The van der Waals surface area contributed by atoms with Crippen molar-refractivity contribution < 1.29 is 48.0 Å². The number of ether oxygens (including phenoxy) is 5. The normalized spacial score (nSPS) is 13.4. The summed E-state index contributed by atoms with van der Waals surface area (Å²) in [6, 6.07) is 6.91. The monoisotopic (exact) mass is 719 g/mol. The number of nitrogens with one attached hydrogen (secondary N) is 2. The van der Waals surface area contributed by atoms with Gasteiger partial charge in [-0.05, 0) is 113 Å². The number of alkyl carbamates (subject to hydrolysis) is 2. The van der Waals surface area contributed by atoms with Crippen LogP contribution in [0.15, 0.2) is 35.5 Å². The first-order chi connectivity index (χ1) is 23.2.